The highest BCUT2D eigenvalue weighted by Crippen LogP contribution is 1.62. The Morgan fingerprint density at radius 3 is 2.56 bits per heavy atom. The van der Waals surface area contributed by atoms with E-state index in [4.69, 9.17) is 6.42 Å². The monoisotopic (exact) mass is 122 g/mol. The molecule has 0 saturated carbocycles. The highest BCUT2D eigenvalue weighted by atomic mass is 14.8. The van der Waals surface area contributed by atoms with Crippen molar-refractivity contribution in [3.8, 4) is 12.3 Å². The lowest BCUT2D eigenvalue weighted by atomic mass is 10.5. The smallest absolute Gasteiger partial charge is 0.0919 e. The molecule has 0 saturated heterocycles. The molecule has 0 radical (unpaired) electrons. The molecule has 0 aliphatic rings. The first kappa shape index (κ1) is 7.77. The minimum atomic E-state index is 0.847. The minimum absolute atomic E-state index is 0.847. The molecule has 1 heterocycles. The lowest BCUT2D eigenvalue weighted by Crippen LogP contribution is -1.44. The third-order valence-electron chi connectivity index (χ3n) is 0.610. The fraction of sp³-hybridized carbons (Fsp3) is 0.286. The van der Waals surface area contributed by atoms with Crippen LogP contribution >= 0.6 is 0 Å². The van der Waals surface area contributed by atoms with E-state index in [1.54, 1.807) is 18.7 Å². The number of hydrogen-bond donors (Lipinski definition) is 1. The number of aromatic amines is 1. The van der Waals surface area contributed by atoms with Crippen LogP contribution < -0.4 is 0 Å². The Balaban J connectivity index is 0.000000148. The van der Waals surface area contributed by atoms with Crippen LogP contribution in [0.25, 0.3) is 0 Å². The largest absolute Gasteiger partial charge is 0.351 e. The number of aromatic nitrogens is 2. The van der Waals surface area contributed by atoms with Gasteiger partial charge in [0.2, 0.25) is 0 Å². The van der Waals surface area contributed by atoms with Crippen molar-refractivity contribution in [2.45, 2.75) is 13.3 Å². The second-order valence-corrected chi connectivity index (χ2v) is 1.32. The number of hydrogen-bond acceptors (Lipinski definition) is 1. The van der Waals surface area contributed by atoms with Crippen LogP contribution in [0, 0.1) is 12.3 Å². The van der Waals surface area contributed by atoms with E-state index in [-0.39, 0.29) is 0 Å². The quantitative estimate of drug-likeness (QED) is 0.518. The summed E-state index contributed by atoms with van der Waals surface area (Å²) in [7, 11) is 0. The fourth-order valence-corrected chi connectivity index (χ4v) is 0.215. The molecule has 0 spiro atoms. The molecule has 1 aromatic heterocycles. The summed E-state index contributed by atoms with van der Waals surface area (Å²) in [5.41, 5.74) is 0. The molecular weight excluding hydrogens is 112 g/mol. The number of nitrogens with one attached hydrogen (secondary N) is 1. The molecule has 0 aromatic carbocycles. The third kappa shape index (κ3) is 6.77. The maximum Gasteiger partial charge on any atom is 0.0919 e. The number of terminal acetylenes is 1. The molecular formula is C7H10N2. The minimum Gasteiger partial charge on any atom is -0.351 e. The second-order valence-electron chi connectivity index (χ2n) is 1.32. The Morgan fingerprint density at radius 1 is 1.78 bits per heavy atom. The summed E-state index contributed by atoms with van der Waals surface area (Å²) in [4.78, 5) is 6.42. The van der Waals surface area contributed by atoms with Crippen molar-refractivity contribution < 1.29 is 0 Å². The van der Waals surface area contributed by atoms with Gasteiger partial charge in [-0.2, -0.15) is 0 Å². The number of rotatable bonds is 0. The highest BCUT2D eigenvalue weighted by molar-refractivity contribution is 4.80. The molecule has 9 heavy (non-hydrogen) atoms. The van der Waals surface area contributed by atoms with Crippen LogP contribution in [0.3, 0.4) is 0 Å². The predicted molar refractivity (Wildman–Crippen MR) is 37.7 cm³/mol. The molecule has 1 aromatic rings. The van der Waals surface area contributed by atoms with E-state index in [1.807, 2.05) is 6.92 Å². The SMILES string of the molecule is C#CCC.c1c[nH]cn1. The Hall–Kier alpha value is -1.23. The molecule has 0 bridgehead atoms. The van der Waals surface area contributed by atoms with Crippen molar-refractivity contribution >= 4 is 0 Å². The van der Waals surface area contributed by atoms with Crippen molar-refractivity contribution in [2.75, 3.05) is 0 Å². The standard InChI is InChI=1S/C4H6.C3H4N2/c1-3-4-2;1-2-5-3-4-1/h1H,4H2,2H3;1-3H,(H,4,5). The van der Waals surface area contributed by atoms with Crippen molar-refractivity contribution in [3.63, 3.8) is 0 Å². The summed E-state index contributed by atoms with van der Waals surface area (Å²) in [6.45, 7) is 1.94. The lowest BCUT2D eigenvalue weighted by molar-refractivity contribution is 1.28. The van der Waals surface area contributed by atoms with Gasteiger partial charge in [0.15, 0.2) is 0 Å². The summed E-state index contributed by atoms with van der Waals surface area (Å²) >= 11 is 0. The lowest BCUT2D eigenvalue weighted by Gasteiger charge is -1.52. The zero-order valence-electron chi connectivity index (χ0n) is 5.46. The molecule has 0 aliphatic carbocycles. The normalized spacial score (nSPS) is 6.67. The zero-order chi connectivity index (χ0) is 6.95. The van der Waals surface area contributed by atoms with Gasteiger partial charge in [-0.05, 0) is 0 Å². The van der Waals surface area contributed by atoms with Gasteiger partial charge in [0.05, 0.1) is 6.33 Å². The second kappa shape index (κ2) is 6.77. The Kier molecular flexibility index (Phi) is 5.84. The summed E-state index contributed by atoms with van der Waals surface area (Å²) in [5, 5.41) is 0. The first-order valence-corrected chi connectivity index (χ1v) is 2.78. The molecule has 0 amide bonds. The van der Waals surface area contributed by atoms with E-state index >= 15 is 0 Å². The molecule has 1 rings (SSSR count). The van der Waals surface area contributed by atoms with Crippen molar-refractivity contribution in [3.05, 3.63) is 18.7 Å². The van der Waals surface area contributed by atoms with Crippen LogP contribution in [-0.4, -0.2) is 9.97 Å². The van der Waals surface area contributed by atoms with Crippen LogP contribution in [0.2, 0.25) is 0 Å². The van der Waals surface area contributed by atoms with E-state index in [1.165, 1.54) is 0 Å². The number of nitrogens with zero attached hydrogens (tertiary/aromatic N) is 1. The van der Waals surface area contributed by atoms with E-state index in [2.05, 4.69) is 15.9 Å². The van der Waals surface area contributed by atoms with Gasteiger partial charge in [0, 0.05) is 18.8 Å². The highest BCUT2D eigenvalue weighted by Gasteiger charge is 1.56. The van der Waals surface area contributed by atoms with Crippen molar-refractivity contribution in [2.24, 2.45) is 0 Å². The average molecular weight is 122 g/mol. The molecule has 2 nitrogen and oxygen atoms in total. The Labute approximate surface area is 55.3 Å². The summed E-state index contributed by atoms with van der Waals surface area (Å²) in [6, 6.07) is 0. The summed E-state index contributed by atoms with van der Waals surface area (Å²) < 4.78 is 0. The maximum absolute atomic E-state index is 4.78. The van der Waals surface area contributed by atoms with Crippen molar-refractivity contribution in [1.82, 2.24) is 9.97 Å². The number of imidazole rings is 1. The number of H-pyrrole nitrogens is 1. The molecule has 48 valence electrons. The summed E-state index contributed by atoms with van der Waals surface area (Å²) in [5.74, 6) is 2.43. The van der Waals surface area contributed by atoms with Crippen LogP contribution in [-0.2, 0) is 0 Å². The van der Waals surface area contributed by atoms with E-state index in [9.17, 15) is 0 Å². The van der Waals surface area contributed by atoms with Crippen molar-refractivity contribution in [1.29, 1.82) is 0 Å². The van der Waals surface area contributed by atoms with E-state index in [0.29, 0.717) is 0 Å². The molecule has 2 heteroatoms. The average Bonchev–Trinajstić information content (AvgIpc) is 2.43. The van der Waals surface area contributed by atoms with Gasteiger partial charge < -0.3 is 4.98 Å². The fourth-order valence-electron chi connectivity index (χ4n) is 0.215. The Bertz CT molecular complexity index is 131. The zero-order valence-corrected chi connectivity index (χ0v) is 5.46. The molecule has 0 atom stereocenters. The first-order valence-electron chi connectivity index (χ1n) is 2.78. The molecule has 1 N–H and O–H groups in total. The van der Waals surface area contributed by atoms with Gasteiger partial charge in [-0.3, -0.25) is 0 Å². The van der Waals surface area contributed by atoms with Gasteiger partial charge in [-0.15, -0.1) is 12.3 Å². The van der Waals surface area contributed by atoms with Crippen LogP contribution in [0.1, 0.15) is 13.3 Å². The van der Waals surface area contributed by atoms with Crippen LogP contribution in [0.5, 0.6) is 0 Å². The molecule has 0 aliphatic heterocycles. The van der Waals surface area contributed by atoms with Gasteiger partial charge in [-0.25, -0.2) is 4.98 Å². The van der Waals surface area contributed by atoms with E-state index < -0.39 is 0 Å². The van der Waals surface area contributed by atoms with E-state index in [0.717, 1.165) is 6.42 Å². The molecule has 0 unspecified atom stereocenters. The van der Waals surface area contributed by atoms with Gasteiger partial charge in [0.25, 0.3) is 0 Å². The third-order valence-corrected chi connectivity index (χ3v) is 0.610. The van der Waals surface area contributed by atoms with Crippen LogP contribution in [0.15, 0.2) is 18.7 Å². The summed E-state index contributed by atoms with van der Waals surface area (Å²) in [6.07, 6.45) is 10.7. The van der Waals surface area contributed by atoms with Crippen LogP contribution in [0.4, 0.5) is 0 Å². The topological polar surface area (TPSA) is 28.7 Å². The predicted octanol–water partition coefficient (Wildman–Crippen LogP) is 1.44. The molecule has 0 fully saturated rings. The first-order chi connectivity index (χ1) is 4.41. The van der Waals surface area contributed by atoms with Gasteiger partial charge in [-0.1, -0.05) is 6.92 Å². The van der Waals surface area contributed by atoms with Gasteiger partial charge in [0.1, 0.15) is 0 Å². The Morgan fingerprint density at radius 2 is 2.44 bits per heavy atom. The maximum atomic E-state index is 4.78. The van der Waals surface area contributed by atoms with Gasteiger partial charge >= 0.3 is 0 Å².